The van der Waals surface area contributed by atoms with Crippen molar-refractivity contribution in [3.8, 4) is 0 Å². The van der Waals surface area contributed by atoms with Crippen molar-refractivity contribution in [2.24, 2.45) is 5.92 Å². The first-order valence-corrected chi connectivity index (χ1v) is 7.68. The number of halogens is 1. The summed E-state index contributed by atoms with van der Waals surface area (Å²) in [4.78, 5) is 25.8. The van der Waals surface area contributed by atoms with E-state index in [9.17, 15) is 9.59 Å². The zero-order chi connectivity index (χ0) is 15.9. The summed E-state index contributed by atoms with van der Waals surface area (Å²) in [5.41, 5.74) is 0.709. The van der Waals surface area contributed by atoms with Crippen molar-refractivity contribution in [3.63, 3.8) is 0 Å². The normalized spacial score (nSPS) is 15.2. The van der Waals surface area contributed by atoms with E-state index < -0.39 is 0 Å². The number of urea groups is 1. The van der Waals surface area contributed by atoms with Gasteiger partial charge in [-0.15, -0.1) is 6.58 Å². The summed E-state index contributed by atoms with van der Waals surface area (Å²) in [6.07, 6.45) is 3.01. The molecule has 0 unspecified atom stereocenters. The highest BCUT2D eigenvalue weighted by atomic mass is 35.5. The van der Waals surface area contributed by atoms with E-state index >= 15 is 0 Å². The maximum Gasteiger partial charge on any atom is 0.321 e. The summed E-state index contributed by atoms with van der Waals surface area (Å²) >= 11 is 5.81. The van der Waals surface area contributed by atoms with Crippen LogP contribution in [0.15, 0.2) is 36.9 Å². The molecular formula is C16H20ClN3O2. The van der Waals surface area contributed by atoms with Gasteiger partial charge < -0.3 is 15.5 Å². The number of benzene rings is 1. The van der Waals surface area contributed by atoms with E-state index in [0.29, 0.717) is 43.2 Å². The number of piperidine rings is 1. The van der Waals surface area contributed by atoms with Crippen molar-refractivity contribution < 1.29 is 9.59 Å². The molecule has 118 valence electrons. The van der Waals surface area contributed by atoms with Crippen LogP contribution in [-0.4, -0.2) is 36.5 Å². The zero-order valence-corrected chi connectivity index (χ0v) is 13.1. The van der Waals surface area contributed by atoms with E-state index in [1.165, 1.54) is 0 Å². The van der Waals surface area contributed by atoms with Gasteiger partial charge in [0.05, 0.1) is 0 Å². The molecule has 1 aliphatic rings. The van der Waals surface area contributed by atoms with E-state index in [1.54, 1.807) is 35.2 Å². The average Bonchev–Trinajstić information content (AvgIpc) is 2.55. The van der Waals surface area contributed by atoms with E-state index in [2.05, 4.69) is 17.2 Å². The number of amides is 3. The van der Waals surface area contributed by atoms with Crippen LogP contribution in [0.5, 0.6) is 0 Å². The molecule has 2 N–H and O–H groups in total. The van der Waals surface area contributed by atoms with E-state index in [1.807, 2.05) is 0 Å². The Hall–Kier alpha value is -2.01. The van der Waals surface area contributed by atoms with Crippen LogP contribution in [0, 0.1) is 5.92 Å². The lowest BCUT2D eigenvalue weighted by Gasteiger charge is -2.31. The van der Waals surface area contributed by atoms with Crippen molar-refractivity contribution in [1.29, 1.82) is 0 Å². The molecule has 1 aromatic carbocycles. The van der Waals surface area contributed by atoms with Gasteiger partial charge in [0.25, 0.3) is 0 Å². The van der Waals surface area contributed by atoms with Gasteiger partial charge in [-0.1, -0.05) is 17.7 Å². The highest BCUT2D eigenvalue weighted by Gasteiger charge is 2.26. The summed E-state index contributed by atoms with van der Waals surface area (Å²) < 4.78 is 0. The molecule has 5 nitrogen and oxygen atoms in total. The maximum atomic E-state index is 12.2. The fourth-order valence-electron chi connectivity index (χ4n) is 2.40. The molecule has 1 heterocycles. The largest absolute Gasteiger partial charge is 0.352 e. The van der Waals surface area contributed by atoms with Gasteiger partial charge in [-0.3, -0.25) is 4.79 Å². The first-order chi connectivity index (χ1) is 10.6. The SMILES string of the molecule is C=CCNC(=O)C1CCN(C(=O)Nc2ccc(Cl)cc2)CC1. The van der Waals surface area contributed by atoms with E-state index in [-0.39, 0.29) is 17.9 Å². The summed E-state index contributed by atoms with van der Waals surface area (Å²) in [5.74, 6) is 0.0113. The second-order valence-corrected chi connectivity index (χ2v) is 5.67. The van der Waals surface area contributed by atoms with Gasteiger partial charge in [-0.25, -0.2) is 4.79 Å². The molecule has 0 spiro atoms. The monoisotopic (exact) mass is 321 g/mol. The lowest BCUT2D eigenvalue weighted by molar-refractivity contribution is -0.126. The van der Waals surface area contributed by atoms with Crippen LogP contribution in [0.3, 0.4) is 0 Å². The van der Waals surface area contributed by atoms with Gasteiger partial charge in [0.1, 0.15) is 0 Å². The van der Waals surface area contributed by atoms with Crippen molar-refractivity contribution in [1.82, 2.24) is 10.2 Å². The Morgan fingerprint density at radius 3 is 2.50 bits per heavy atom. The predicted octanol–water partition coefficient (Wildman–Crippen LogP) is 2.89. The maximum absolute atomic E-state index is 12.2. The van der Waals surface area contributed by atoms with Crippen LogP contribution in [0.1, 0.15) is 12.8 Å². The Morgan fingerprint density at radius 2 is 1.91 bits per heavy atom. The Labute approximate surface area is 135 Å². The number of hydrogen-bond donors (Lipinski definition) is 2. The van der Waals surface area contributed by atoms with Gasteiger partial charge in [0.15, 0.2) is 0 Å². The Bertz CT molecular complexity index is 537. The molecule has 0 saturated carbocycles. The Balaban J connectivity index is 1.80. The number of rotatable bonds is 4. The number of anilines is 1. The number of carbonyl (C=O) groups excluding carboxylic acids is 2. The summed E-state index contributed by atoms with van der Waals surface area (Å²) in [7, 11) is 0. The number of likely N-dealkylation sites (tertiary alicyclic amines) is 1. The molecule has 1 aliphatic heterocycles. The number of nitrogens with one attached hydrogen (secondary N) is 2. The number of carbonyl (C=O) groups is 2. The molecule has 0 atom stereocenters. The Kier molecular flexibility index (Phi) is 5.83. The van der Waals surface area contributed by atoms with Crippen molar-refractivity contribution in [2.45, 2.75) is 12.8 Å². The third-order valence-electron chi connectivity index (χ3n) is 3.67. The molecule has 22 heavy (non-hydrogen) atoms. The highest BCUT2D eigenvalue weighted by Crippen LogP contribution is 2.19. The zero-order valence-electron chi connectivity index (χ0n) is 12.3. The van der Waals surface area contributed by atoms with Gasteiger partial charge in [0, 0.05) is 36.3 Å². The fourth-order valence-corrected chi connectivity index (χ4v) is 2.52. The highest BCUT2D eigenvalue weighted by molar-refractivity contribution is 6.30. The van der Waals surface area contributed by atoms with Crippen LogP contribution in [-0.2, 0) is 4.79 Å². The lowest BCUT2D eigenvalue weighted by atomic mass is 9.96. The van der Waals surface area contributed by atoms with E-state index in [0.717, 1.165) is 0 Å². The van der Waals surface area contributed by atoms with Crippen LogP contribution in [0.4, 0.5) is 10.5 Å². The summed E-state index contributed by atoms with van der Waals surface area (Å²) in [6, 6.07) is 6.83. The van der Waals surface area contributed by atoms with Gasteiger partial charge in [-0.05, 0) is 37.1 Å². The van der Waals surface area contributed by atoms with Crippen molar-refractivity contribution in [3.05, 3.63) is 41.9 Å². The van der Waals surface area contributed by atoms with Crippen molar-refractivity contribution >= 4 is 29.2 Å². The molecular weight excluding hydrogens is 302 g/mol. The third kappa shape index (κ3) is 4.49. The summed E-state index contributed by atoms with van der Waals surface area (Å²) in [5, 5.41) is 6.26. The standard InChI is InChI=1S/C16H20ClN3O2/c1-2-9-18-15(21)12-7-10-20(11-8-12)16(22)19-14-5-3-13(17)4-6-14/h2-6,12H,1,7-11H2,(H,18,21)(H,19,22). The first kappa shape index (κ1) is 16.4. The first-order valence-electron chi connectivity index (χ1n) is 7.30. The third-order valence-corrected chi connectivity index (χ3v) is 3.92. The minimum atomic E-state index is -0.146. The number of hydrogen-bond acceptors (Lipinski definition) is 2. The molecule has 0 aromatic heterocycles. The molecule has 1 saturated heterocycles. The van der Waals surface area contributed by atoms with Gasteiger partial charge >= 0.3 is 6.03 Å². The molecule has 0 aliphatic carbocycles. The Morgan fingerprint density at radius 1 is 1.27 bits per heavy atom. The molecule has 1 fully saturated rings. The molecule has 1 aromatic rings. The molecule has 2 rings (SSSR count). The summed E-state index contributed by atoms with van der Waals surface area (Å²) in [6.45, 7) is 5.21. The van der Waals surface area contributed by atoms with E-state index in [4.69, 9.17) is 11.6 Å². The minimum Gasteiger partial charge on any atom is -0.352 e. The fraction of sp³-hybridized carbons (Fsp3) is 0.375. The van der Waals surface area contributed by atoms with Crippen LogP contribution in [0.2, 0.25) is 5.02 Å². The lowest BCUT2D eigenvalue weighted by Crippen LogP contribution is -2.44. The minimum absolute atomic E-state index is 0.0282. The van der Waals surface area contributed by atoms with Crippen LogP contribution in [0.25, 0.3) is 0 Å². The predicted molar refractivity (Wildman–Crippen MR) is 88.0 cm³/mol. The molecule has 6 heteroatoms. The van der Waals surface area contributed by atoms with Gasteiger partial charge in [-0.2, -0.15) is 0 Å². The second-order valence-electron chi connectivity index (χ2n) is 5.23. The average molecular weight is 322 g/mol. The number of nitrogens with zero attached hydrogens (tertiary/aromatic N) is 1. The van der Waals surface area contributed by atoms with Crippen molar-refractivity contribution in [2.75, 3.05) is 25.0 Å². The molecule has 0 bridgehead atoms. The van der Waals surface area contributed by atoms with Crippen LogP contribution < -0.4 is 10.6 Å². The molecule has 0 radical (unpaired) electrons. The quantitative estimate of drug-likeness (QED) is 0.838. The van der Waals surface area contributed by atoms with Crippen LogP contribution >= 0.6 is 11.6 Å². The smallest absolute Gasteiger partial charge is 0.321 e. The van der Waals surface area contributed by atoms with Gasteiger partial charge in [0.2, 0.25) is 5.91 Å². The topological polar surface area (TPSA) is 61.4 Å². The molecule has 3 amide bonds. The second kappa shape index (κ2) is 7.84.